The van der Waals surface area contributed by atoms with Crippen molar-refractivity contribution in [2.45, 2.75) is 6.54 Å². The minimum atomic E-state index is 0.698. The van der Waals surface area contributed by atoms with Gasteiger partial charge in [-0.15, -0.1) is 0 Å². The number of halogens is 1. The maximum absolute atomic E-state index is 5.36. The van der Waals surface area contributed by atoms with Crippen LogP contribution in [-0.4, -0.2) is 13.1 Å². The van der Waals surface area contributed by atoms with E-state index in [-0.39, 0.29) is 0 Å². The summed E-state index contributed by atoms with van der Waals surface area (Å²) in [5.41, 5.74) is 6.67. The van der Waals surface area contributed by atoms with E-state index in [1.54, 1.807) is 0 Å². The smallest absolute Gasteiger partial charge is 0.0206 e. The Hall–Kier alpha value is -0.130. The van der Waals surface area contributed by atoms with E-state index in [2.05, 4.69) is 52.2 Å². The van der Waals surface area contributed by atoms with Crippen LogP contribution in [0.4, 0.5) is 0 Å². The summed E-state index contributed by atoms with van der Waals surface area (Å²) >= 11 is 2.31. The van der Waals surface area contributed by atoms with Gasteiger partial charge in [0.15, 0.2) is 0 Å². The van der Waals surface area contributed by atoms with Gasteiger partial charge in [-0.2, -0.15) is 0 Å². The molecule has 0 fully saturated rings. The van der Waals surface area contributed by atoms with E-state index in [4.69, 9.17) is 5.73 Å². The summed E-state index contributed by atoms with van der Waals surface area (Å²) in [6.45, 7) is 2.49. The molecule has 0 spiro atoms. The highest BCUT2D eigenvalue weighted by molar-refractivity contribution is 14.1. The third-order valence-electron chi connectivity index (χ3n) is 1.54. The first-order valence-electron chi connectivity index (χ1n) is 3.98. The fraction of sp³-hybridized carbons (Fsp3) is 0.333. The van der Waals surface area contributed by atoms with E-state index in [1.807, 2.05) is 0 Å². The van der Waals surface area contributed by atoms with Crippen LogP contribution < -0.4 is 11.1 Å². The molecule has 66 valence electrons. The summed E-state index contributed by atoms with van der Waals surface area (Å²) in [6.07, 6.45) is 0. The Balaban J connectivity index is 2.41. The van der Waals surface area contributed by atoms with E-state index < -0.39 is 0 Å². The molecule has 0 aliphatic heterocycles. The molecule has 0 radical (unpaired) electrons. The van der Waals surface area contributed by atoms with E-state index in [0.717, 1.165) is 13.1 Å². The van der Waals surface area contributed by atoms with Crippen LogP contribution in [0.3, 0.4) is 0 Å². The molecular weight excluding hydrogens is 263 g/mol. The van der Waals surface area contributed by atoms with Crippen molar-refractivity contribution >= 4 is 22.6 Å². The zero-order valence-corrected chi connectivity index (χ0v) is 9.04. The zero-order chi connectivity index (χ0) is 8.81. The van der Waals surface area contributed by atoms with Crippen molar-refractivity contribution in [2.75, 3.05) is 13.1 Å². The zero-order valence-electron chi connectivity index (χ0n) is 6.89. The highest BCUT2D eigenvalue weighted by Gasteiger charge is 1.91. The molecule has 2 nitrogen and oxygen atoms in total. The lowest BCUT2D eigenvalue weighted by Crippen LogP contribution is -2.21. The van der Waals surface area contributed by atoms with Gasteiger partial charge in [-0.25, -0.2) is 0 Å². The average molecular weight is 276 g/mol. The van der Waals surface area contributed by atoms with E-state index in [1.165, 1.54) is 9.13 Å². The third-order valence-corrected chi connectivity index (χ3v) is 2.21. The molecule has 0 atom stereocenters. The Morgan fingerprint density at radius 3 is 2.92 bits per heavy atom. The maximum atomic E-state index is 5.36. The quantitative estimate of drug-likeness (QED) is 0.643. The second-order valence-corrected chi connectivity index (χ2v) is 3.84. The van der Waals surface area contributed by atoms with Crippen LogP contribution in [0.5, 0.6) is 0 Å². The van der Waals surface area contributed by atoms with Crippen molar-refractivity contribution < 1.29 is 0 Å². The van der Waals surface area contributed by atoms with Gasteiger partial charge in [-0.3, -0.25) is 0 Å². The highest BCUT2D eigenvalue weighted by Crippen LogP contribution is 2.06. The van der Waals surface area contributed by atoms with Gasteiger partial charge in [0.1, 0.15) is 0 Å². The van der Waals surface area contributed by atoms with Crippen molar-refractivity contribution in [3.8, 4) is 0 Å². The molecule has 0 aromatic heterocycles. The van der Waals surface area contributed by atoms with Gasteiger partial charge < -0.3 is 11.1 Å². The van der Waals surface area contributed by atoms with Gasteiger partial charge in [-0.05, 0) is 40.3 Å². The van der Waals surface area contributed by atoms with Gasteiger partial charge in [0.25, 0.3) is 0 Å². The minimum Gasteiger partial charge on any atom is -0.329 e. The molecule has 0 heterocycles. The van der Waals surface area contributed by atoms with Gasteiger partial charge in [-0.1, -0.05) is 12.1 Å². The van der Waals surface area contributed by atoms with Gasteiger partial charge >= 0.3 is 0 Å². The molecule has 0 amide bonds. The summed E-state index contributed by atoms with van der Waals surface area (Å²) in [7, 11) is 0. The van der Waals surface area contributed by atoms with E-state index in [9.17, 15) is 0 Å². The van der Waals surface area contributed by atoms with Gasteiger partial charge in [0, 0.05) is 23.2 Å². The fourth-order valence-corrected chi connectivity index (χ4v) is 1.59. The number of nitrogens with two attached hydrogens (primary N) is 1. The van der Waals surface area contributed by atoms with Crippen LogP contribution in [0.2, 0.25) is 0 Å². The SMILES string of the molecule is NCCNCc1cccc(I)c1. The molecule has 1 rings (SSSR count). The van der Waals surface area contributed by atoms with Gasteiger partial charge in [0.05, 0.1) is 0 Å². The van der Waals surface area contributed by atoms with Crippen LogP contribution in [0.1, 0.15) is 5.56 Å². The Morgan fingerprint density at radius 2 is 2.25 bits per heavy atom. The standard InChI is InChI=1S/C9H13IN2/c10-9-3-1-2-8(6-9)7-12-5-4-11/h1-3,6,12H,4-5,7,11H2. The molecule has 1 aromatic carbocycles. The first-order chi connectivity index (χ1) is 5.83. The number of benzene rings is 1. The van der Waals surface area contributed by atoms with Crippen LogP contribution in [0.15, 0.2) is 24.3 Å². The minimum absolute atomic E-state index is 0.698. The molecule has 3 heteroatoms. The fourth-order valence-electron chi connectivity index (χ4n) is 0.982. The molecule has 0 aliphatic rings. The summed E-state index contributed by atoms with van der Waals surface area (Å²) in [6, 6.07) is 8.45. The van der Waals surface area contributed by atoms with Crippen molar-refractivity contribution in [1.82, 2.24) is 5.32 Å². The normalized spacial score (nSPS) is 10.2. The highest BCUT2D eigenvalue weighted by atomic mass is 127. The number of nitrogens with one attached hydrogen (secondary N) is 1. The summed E-state index contributed by atoms with van der Waals surface area (Å²) in [5.74, 6) is 0. The predicted octanol–water partition coefficient (Wildman–Crippen LogP) is 1.34. The second-order valence-electron chi connectivity index (χ2n) is 2.60. The van der Waals surface area contributed by atoms with Crippen molar-refractivity contribution in [2.24, 2.45) is 5.73 Å². The molecule has 3 N–H and O–H groups in total. The van der Waals surface area contributed by atoms with E-state index >= 15 is 0 Å². The number of hydrogen-bond acceptors (Lipinski definition) is 2. The summed E-state index contributed by atoms with van der Waals surface area (Å²) in [5, 5.41) is 3.25. The number of rotatable bonds is 4. The van der Waals surface area contributed by atoms with Crippen LogP contribution in [-0.2, 0) is 6.54 Å². The molecule has 0 saturated heterocycles. The molecule has 0 aliphatic carbocycles. The molecule has 0 unspecified atom stereocenters. The van der Waals surface area contributed by atoms with Gasteiger partial charge in [0.2, 0.25) is 0 Å². The largest absolute Gasteiger partial charge is 0.329 e. The Bertz CT molecular complexity index is 238. The molecule has 0 bridgehead atoms. The number of hydrogen-bond donors (Lipinski definition) is 2. The second kappa shape index (κ2) is 5.50. The topological polar surface area (TPSA) is 38.0 Å². The molecule has 0 saturated carbocycles. The summed E-state index contributed by atoms with van der Waals surface area (Å²) < 4.78 is 1.28. The first kappa shape index (κ1) is 9.95. The predicted molar refractivity (Wildman–Crippen MR) is 59.9 cm³/mol. The lowest BCUT2D eigenvalue weighted by atomic mass is 10.2. The third kappa shape index (κ3) is 3.51. The van der Waals surface area contributed by atoms with Crippen molar-refractivity contribution in [1.29, 1.82) is 0 Å². The van der Waals surface area contributed by atoms with Crippen molar-refractivity contribution in [3.63, 3.8) is 0 Å². The van der Waals surface area contributed by atoms with Crippen LogP contribution in [0, 0.1) is 3.57 Å². The van der Waals surface area contributed by atoms with Crippen LogP contribution >= 0.6 is 22.6 Å². The monoisotopic (exact) mass is 276 g/mol. The molecule has 12 heavy (non-hydrogen) atoms. The first-order valence-corrected chi connectivity index (χ1v) is 5.06. The molecule has 1 aromatic rings. The lowest BCUT2D eigenvalue weighted by molar-refractivity contribution is 0.694. The Labute approximate surface area is 86.7 Å². The van der Waals surface area contributed by atoms with Crippen LogP contribution in [0.25, 0.3) is 0 Å². The average Bonchev–Trinajstić information content (AvgIpc) is 2.05. The lowest BCUT2D eigenvalue weighted by Gasteiger charge is -2.02. The molecular formula is C9H13IN2. The Morgan fingerprint density at radius 1 is 1.42 bits per heavy atom. The van der Waals surface area contributed by atoms with E-state index in [0.29, 0.717) is 6.54 Å². The summed E-state index contributed by atoms with van der Waals surface area (Å²) in [4.78, 5) is 0. The Kier molecular flexibility index (Phi) is 4.57. The maximum Gasteiger partial charge on any atom is 0.0206 e. The van der Waals surface area contributed by atoms with Crippen molar-refractivity contribution in [3.05, 3.63) is 33.4 Å².